The predicted octanol–water partition coefficient (Wildman–Crippen LogP) is 1.18. The maximum absolute atomic E-state index is 10.9. The minimum absolute atomic E-state index is 0.143. The first-order chi connectivity index (χ1) is 7.65. The molecule has 0 aliphatic carbocycles. The molecule has 0 bridgehead atoms. The van der Waals surface area contributed by atoms with Crippen molar-refractivity contribution >= 4 is 17.7 Å². The van der Waals surface area contributed by atoms with Crippen LogP contribution in [-0.2, 0) is 5.75 Å². The van der Waals surface area contributed by atoms with Crippen molar-refractivity contribution < 1.29 is 15.0 Å². The Labute approximate surface area is 97.9 Å². The van der Waals surface area contributed by atoms with E-state index in [1.807, 2.05) is 6.92 Å². The SMILES string of the molecule is CC(CCO)SCc1ncncc1C(=O)O. The zero-order valence-electron chi connectivity index (χ0n) is 8.96. The number of carbonyl (C=O) groups is 1. The summed E-state index contributed by atoms with van der Waals surface area (Å²) >= 11 is 1.57. The van der Waals surface area contributed by atoms with E-state index in [0.717, 1.165) is 0 Å². The molecule has 0 aliphatic rings. The third kappa shape index (κ3) is 3.79. The number of thioether (sulfide) groups is 1. The number of hydrogen-bond donors (Lipinski definition) is 2. The molecule has 1 heterocycles. The molecule has 1 aromatic heterocycles. The second-order valence-corrected chi connectivity index (χ2v) is 4.75. The van der Waals surface area contributed by atoms with E-state index in [2.05, 4.69) is 9.97 Å². The van der Waals surface area contributed by atoms with Gasteiger partial charge in [-0.1, -0.05) is 6.92 Å². The molecule has 1 atom stereocenters. The van der Waals surface area contributed by atoms with Crippen LogP contribution in [0.25, 0.3) is 0 Å². The van der Waals surface area contributed by atoms with Crippen LogP contribution in [0.1, 0.15) is 29.4 Å². The molecule has 1 unspecified atom stereocenters. The number of aromatic carboxylic acids is 1. The molecule has 88 valence electrons. The van der Waals surface area contributed by atoms with Gasteiger partial charge >= 0.3 is 5.97 Å². The largest absolute Gasteiger partial charge is 0.478 e. The van der Waals surface area contributed by atoms with Crippen LogP contribution in [0.4, 0.5) is 0 Å². The fourth-order valence-corrected chi connectivity index (χ4v) is 2.08. The highest BCUT2D eigenvalue weighted by Gasteiger charge is 2.12. The van der Waals surface area contributed by atoms with Gasteiger partial charge in [0.25, 0.3) is 0 Å². The highest BCUT2D eigenvalue weighted by atomic mass is 32.2. The van der Waals surface area contributed by atoms with Gasteiger partial charge in [-0.05, 0) is 6.42 Å². The van der Waals surface area contributed by atoms with Crippen molar-refractivity contribution in [3.8, 4) is 0 Å². The summed E-state index contributed by atoms with van der Waals surface area (Å²) < 4.78 is 0. The summed E-state index contributed by atoms with van der Waals surface area (Å²) in [4.78, 5) is 18.5. The van der Waals surface area contributed by atoms with Crippen molar-refractivity contribution in [2.75, 3.05) is 6.61 Å². The lowest BCUT2D eigenvalue weighted by molar-refractivity contribution is 0.0695. The summed E-state index contributed by atoms with van der Waals surface area (Å²) in [5.41, 5.74) is 0.670. The Kier molecular flexibility index (Phi) is 5.21. The Bertz CT molecular complexity index is 360. The average Bonchev–Trinajstić information content (AvgIpc) is 2.27. The van der Waals surface area contributed by atoms with Gasteiger partial charge in [-0.15, -0.1) is 0 Å². The predicted molar refractivity (Wildman–Crippen MR) is 61.5 cm³/mol. The number of aromatic nitrogens is 2. The highest BCUT2D eigenvalue weighted by molar-refractivity contribution is 7.99. The van der Waals surface area contributed by atoms with Crippen LogP contribution >= 0.6 is 11.8 Å². The van der Waals surface area contributed by atoms with Crippen LogP contribution < -0.4 is 0 Å². The van der Waals surface area contributed by atoms with Crippen LogP contribution in [0.5, 0.6) is 0 Å². The van der Waals surface area contributed by atoms with Gasteiger partial charge in [0.1, 0.15) is 11.9 Å². The molecule has 0 aliphatic heterocycles. The molecule has 0 saturated heterocycles. The normalized spacial score (nSPS) is 12.4. The van der Waals surface area contributed by atoms with Crippen molar-refractivity contribution in [1.29, 1.82) is 0 Å². The molecule has 0 amide bonds. The summed E-state index contributed by atoms with van der Waals surface area (Å²) in [7, 11) is 0. The van der Waals surface area contributed by atoms with Crippen molar-refractivity contribution in [3.05, 3.63) is 23.8 Å². The van der Waals surface area contributed by atoms with Crippen LogP contribution in [0.2, 0.25) is 0 Å². The lowest BCUT2D eigenvalue weighted by Gasteiger charge is -2.09. The minimum Gasteiger partial charge on any atom is -0.478 e. The molecule has 1 rings (SSSR count). The summed E-state index contributed by atoms with van der Waals surface area (Å²) in [5.74, 6) is -0.489. The molecule has 0 saturated carbocycles. The molecular formula is C10H14N2O3S. The van der Waals surface area contributed by atoms with E-state index in [0.29, 0.717) is 17.9 Å². The van der Waals surface area contributed by atoms with Crippen LogP contribution in [-0.4, -0.2) is 38.0 Å². The summed E-state index contributed by atoms with van der Waals surface area (Å²) in [6, 6.07) is 0. The van der Waals surface area contributed by atoms with Gasteiger partial charge in [-0.2, -0.15) is 11.8 Å². The molecule has 1 aromatic rings. The zero-order valence-corrected chi connectivity index (χ0v) is 9.78. The van der Waals surface area contributed by atoms with E-state index >= 15 is 0 Å². The molecule has 16 heavy (non-hydrogen) atoms. The first kappa shape index (κ1) is 12.9. The highest BCUT2D eigenvalue weighted by Crippen LogP contribution is 2.20. The van der Waals surface area contributed by atoms with E-state index in [1.165, 1.54) is 12.5 Å². The Morgan fingerprint density at radius 3 is 3.00 bits per heavy atom. The fraction of sp³-hybridized carbons (Fsp3) is 0.500. The van der Waals surface area contributed by atoms with E-state index < -0.39 is 5.97 Å². The lowest BCUT2D eigenvalue weighted by Crippen LogP contribution is -2.06. The fourth-order valence-electron chi connectivity index (χ4n) is 1.13. The molecule has 6 heteroatoms. The van der Waals surface area contributed by atoms with Crippen molar-refractivity contribution in [3.63, 3.8) is 0 Å². The van der Waals surface area contributed by atoms with Crippen molar-refractivity contribution in [2.24, 2.45) is 0 Å². The first-order valence-electron chi connectivity index (χ1n) is 4.89. The summed E-state index contributed by atoms with van der Waals surface area (Å²) in [5, 5.41) is 17.9. The smallest absolute Gasteiger partial charge is 0.339 e. The van der Waals surface area contributed by atoms with Crippen LogP contribution in [0, 0.1) is 0 Å². The Morgan fingerprint density at radius 2 is 2.38 bits per heavy atom. The van der Waals surface area contributed by atoms with Crippen molar-refractivity contribution in [1.82, 2.24) is 9.97 Å². The number of nitrogens with zero attached hydrogens (tertiary/aromatic N) is 2. The number of rotatable bonds is 6. The van der Waals surface area contributed by atoms with Gasteiger partial charge in [-0.3, -0.25) is 0 Å². The number of carboxylic acids is 1. The van der Waals surface area contributed by atoms with E-state index in [-0.39, 0.29) is 17.4 Å². The standard InChI is InChI=1S/C10H14N2O3S/c1-7(2-3-13)16-5-9-8(10(14)15)4-11-6-12-9/h4,6-7,13H,2-3,5H2,1H3,(H,14,15). The second-order valence-electron chi connectivity index (χ2n) is 3.32. The van der Waals surface area contributed by atoms with Gasteiger partial charge in [0, 0.05) is 23.8 Å². The molecule has 5 nitrogen and oxygen atoms in total. The maximum atomic E-state index is 10.9. The quantitative estimate of drug-likeness (QED) is 0.779. The number of carboxylic acid groups (broad SMARTS) is 1. The third-order valence-electron chi connectivity index (χ3n) is 2.07. The minimum atomic E-state index is -1.01. The van der Waals surface area contributed by atoms with E-state index in [1.54, 1.807) is 11.8 Å². The lowest BCUT2D eigenvalue weighted by atomic mass is 10.2. The zero-order chi connectivity index (χ0) is 12.0. The Balaban J connectivity index is 2.63. The average molecular weight is 242 g/mol. The number of hydrogen-bond acceptors (Lipinski definition) is 5. The van der Waals surface area contributed by atoms with Crippen LogP contribution in [0.15, 0.2) is 12.5 Å². The van der Waals surface area contributed by atoms with Gasteiger partial charge in [0.15, 0.2) is 0 Å². The molecule has 0 fully saturated rings. The summed E-state index contributed by atoms with van der Waals surface area (Å²) in [6.45, 7) is 2.13. The second kappa shape index (κ2) is 6.44. The maximum Gasteiger partial charge on any atom is 0.339 e. The number of aliphatic hydroxyl groups excluding tert-OH is 1. The Morgan fingerprint density at radius 1 is 1.62 bits per heavy atom. The Hall–Kier alpha value is -1.14. The molecule has 2 N–H and O–H groups in total. The first-order valence-corrected chi connectivity index (χ1v) is 5.94. The van der Waals surface area contributed by atoms with Gasteiger partial charge in [-0.25, -0.2) is 14.8 Å². The van der Waals surface area contributed by atoms with Gasteiger partial charge in [0.05, 0.1) is 5.69 Å². The van der Waals surface area contributed by atoms with Crippen molar-refractivity contribution in [2.45, 2.75) is 24.3 Å². The van der Waals surface area contributed by atoms with Crippen LogP contribution in [0.3, 0.4) is 0 Å². The summed E-state index contributed by atoms with van der Waals surface area (Å²) in [6.07, 6.45) is 3.35. The molecule has 0 spiro atoms. The van der Waals surface area contributed by atoms with E-state index in [4.69, 9.17) is 10.2 Å². The topological polar surface area (TPSA) is 83.3 Å². The number of aliphatic hydroxyl groups is 1. The van der Waals surface area contributed by atoms with E-state index in [9.17, 15) is 4.79 Å². The molecule has 0 radical (unpaired) electrons. The van der Waals surface area contributed by atoms with Gasteiger partial charge < -0.3 is 10.2 Å². The monoisotopic (exact) mass is 242 g/mol. The molecular weight excluding hydrogens is 228 g/mol. The van der Waals surface area contributed by atoms with Gasteiger partial charge in [0.2, 0.25) is 0 Å². The third-order valence-corrected chi connectivity index (χ3v) is 3.31. The molecule has 0 aromatic carbocycles.